The lowest BCUT2D eigenvalue weighted by Crippen LogP contribution is -2.45. The van der Waals surface area contributed by atoms with Gasteiger partial charge in [0, 0.05) is 24.2 Å². The maximum atomic E-state index is 6.09. The minimum Gasteiger partial charge on any atom is -0.327 e. The smallest absolute Gasteiger partial charge is 0.0408 e. The first kappa shape index (κ1) is 11.9. The highest BCUT2D eigenvalue weighted by molar-refractivity contribution is 6.30. The van der Waals surface area contributed by atoms with Gasteiger partial charge in [0.2, 0.25) is 0 Å². The molecule has 1 aromatic rings. The molecule has 1 fully saturated rings. The summed E-state index contributed by atoms with van der Waals surface area (Å²) in [6.07, 6.45) is 1.07. The minimum atomic E-state index is 0.290. The molecule has 1 aliphatic heterocycles. The van der Waals surface area contributed by atoms with E-state index < -0.39 is 0 Å². The van der Waals surface area contributed by atoms with Crippen LogP contribution >= 0.6 is 11.6 Å². The van der Waals surface area contributed by atoms with Crippen LogP contribution in [0.1, 0.15) is 24.8 Å². The highest BCUT2D eigenvalue weighted by atomic mass is 35.5. The maximum Gasteiger partial charge on any atom is 0.0408 e. The zero-order chi connectivity index (χ0) is 11.5. The maximum absolute atomic E-state index is 6.09. The van der Waals surface area contributed by atoms with Crippen molar-refractivity contribution in [3.05, 3.63) is 34.9 Å². The Morgan fingerprint density at radius 3 is 2.94 bits per heavy atom. The Morgan fingerprint density at radius 1 is 1.44 bits per heavy atom. The van der Waals surface area contributed by atoms with Gasteiger partial charge in [0.25, 0.3) is 0 Å². The fraction of sp³-hybridized carbons (Fsp3) is 0.538. The Bertz CT molecular complexity index is 354. The van der Waals surface area contributed by atoms with E-state index in [-0.39, 0.29) is 6.04 Å². The van der Waals surface area contributed by atoms with Crippen molar-refractivity contribution in [1.29, 1.82) is 0 Å². The number of rotatable bonds is 2. The van der Waals surface area contributed by atoms with Crippen molar-refractivity contribution in [2.45, 2.75) is 25.3 Å². The fourth-order valence-electron chi connectivity index (χ4n) is 2.49. The lowest BCUT2D eigenvalue weighted by Gasteiger charge is -2.35. The van der Waals surface area contributed by atoms with Gasteiger partial charge in [-0.3, -0.25) is 0 Å². The van der Waals surface area contributed by atoms with Crippen LogP contribution in [-0.2, 0) is 0 Å². The second-order valence-corrected chi connectivity index (χ2v) is 5.04. The highest BCUT2D eigenvalue weighted by Crippen LogP contribution is 2.27. The molecule has 0 spiro atoms. The summed E-state index contributed by atoms with van der Waals surface area (Å²) in [5.41, 5.74) is 7.41. The molecule has 0 radical (unpaired) electrons. The first-order valence-electron chi connectivity index (χ1n) is 5.92. The van der Waals surface area contributed by atoms with Gasteiger partial charge in [-0.1, -0.05) is 30.7 Å². The lowest BCUT2D eigenvalue weighted by atomic mass is 9.88. The number of likely N-dealkylation sites (tertiary alicyclic amines) is 1. The SMILES string of the molecule is CCN1CC(N)CC(c2cccc(Cl)c2)C1. The number of likely N-dealkylation sites (N-methyl/N-ethyl adjacent to an activating group) is 1. The molecule has 0 bridgehead atoms. The lowest BCUT2D eigenvalue weighted by molar-refractivity contribution is 0.197. The normalized spacial score (nSPS) is 26.9. The number of nitrogens with zero attached hydrogens (tertiary/aromatic N) is 1. The van der Waals surface area contributed by atoms with Crippen molar-refractivity contribution < 1.29 is 0 Å². The van der Waals surface area contributed by atoms with Gasteiger partial charge in [-0.05, 0) is 36.6 Å². The molecule has 0 saturated carbocycles. The van der Waals surface area contributed by atoms with Crippen LogP contribution in [0.25, 0.3) is 0 Å². The van der Waals surface area contributed by atoms with Gasteiger partial charge in [0.15, 0.2) is 0 Å². The molecule has 1 saturated heterocycles. The number of halogens is 1. The molecular formula is C13H19ClN2. The van der Waals surface area contributed by atoms with Crippen LogP contribution in [0.4, 0.5) is 0 Å². The molecule has 16 heavy (non-hydrogen) atoms. The van der Waals surface area contributed by atoms with E-state index in [0.29, 0.717) is 5.92 Å². The zero-order valence-corrected chi connectivity index (χ0v) is 10.5. The average Bonchev–Trinajstić information content (AvgIpc) is 2.28. The topological polar surface area (TPSA) is 29.3 Å². The van der Waals surface area contributed by atoms with Gasteiger partial charge < -0.3 is 10.6 Å². The van der Waals surface area contributed by atoms with E-state index in [1.54, 1.807) is 0 Å². The van der Waals surface area contributed by atoms with Crippen molar-refractivity contribution in [1.82, 2.24) is 4.90 Å². The molecule has 0 aromatic heterocycles. The molecule has 1 aromatic carbocycles. The van der Waals surface area contributed by atoms with Crippen molar-refractivity contribution in [2.75, 3.05) is 19.6 Å². The van der Waals surface area contributed by atoms with E-state index in [1.165, 1.54) is 5.56 Å². The first-order valence-corrected chi connectivity index (χ1v) is 6.30. The van der Waals surface area contributed by atoms with E-state index in [0.717, 1.165) is 31.1 Å². The number of benzene rings is 1. The average molecular weight is 239 g/mol. The molecule has 2 nitrogen and oxygen atoms in total. The Hall–Kier alpha value is -0.570. The third-order valence-corrected chi connectivity index (χ3v) is 3.56. The van der Waals surface area contributed by atoms with Crippen molar-refractivity contribution in [3.8, 4) is 0 Å². The summed E-state index contributed by atoms with van der Waals surface area (Å²) in [7, 11) is 0. The molecule has 1 heterocycles. The number of nitrogens with two attached hydrogens (primary N) is 1. The fourth-order valence-corrected chi connectivity index (χ4v) is 2.69. The monoisotopic (exact) mass is 238 g/mol. The summed E-state index contributed by atoms with van der Waals surface area (Å²) in [5, 5.41) is 0.819. The Labute approximate surface area is 102 Å². The molecule has 0 aliphatic carbocycles. The Morgan fingerprint density at radius 2 is 2.25 bits per heavy atom. The quantitative estimate of drug-likeness (QED) is 0.858. The second kappa shape index (κ2) is 5.17. The molecule has 88 valence electrons. The summed E-state index contributed by atoms with van der Waals surface area (Å²) < 4.78 is 0. The molecule has 2 rings (SSSR count). The Kier molecular flexibility index (Phi) is 3.85. The Balaban J connectivity index is 2.14. The van der Waals surface area contributed by atoms with Crippen molar-refractivity contribution in [2.24, 2.45) is 5.73 Å². The van der Waals surface area contributed by atoms with E-state index in [2.05, 4.69) is 24.0 Å². The van der Waals surface area contributed by atoms with Crippen molar-refractivity contribution >= 4 is 11.6 Å². The van der Waals surface area contributed by atoms with E-state index in [4.69, 9.17) is 17.3 Å². The molecule has 2 atom stereocenters. The predicted octanol–water partition coefficient (Wildman–Crippen LogP) is 2.48. The van der Waals surface area contributed by atoms with Crippen LogP contribution in [0, 0.1) is 0 Å². The third kappa shape index (κ3) is 2.76. The first-order chi connectivity index (χ1) is 7.69. The molecular weight excluding hydrogens is 220 g/mol. The molecule has 1 aliphatic rings. The van der Waals surface area contributed by atoms with Gasteiger partial charge in [-0.2, -0.15) is 0 Å². The molecule has 3 heteroatoms. The molecule has 2 N–H and O–H groups in total. The summed E-state index contributed by atoms with van der Waals surface area (Å²) in [4.78, 5) is 2.42. The van der Waals surface area contributed by atoms with E-state index in [9.17, 15) is 0 Å². The number of hydrogen-bond acceptors (Lipinski definition) is 2. The van der Waals surface area contributed by atoms with Crippen LogP contribution in [-0.4, -0.2) is 30.6 Å². The van der Waals surface area contributed by atoms with Gasteiger partial charge in [0.05, 0.1) is 0 Å². The van der Waals surface area contributed by atoms with Crippen LogP contribution in [0.2, 0.25) is 5.02 Å². The third-order valence-electron chi connectivity index (χ3n) is 3.33. The molecule has 0 amide bonds. The largest absolute Gasteiger partial charge is 0.327 e. The number of piperidine rings is 1. The van der Waals surface area contributed by atoms with Gasteiger partial charge in [-0.15, -0.1) is 0 Å². The van der Waals surface area contributed by atoms with Crippen LogP contribution in [0.5, 0.6) is 0 Å². The highest BCUT2D eigenvalue weighted by Gasteiger charge is 2.25. The van der Waals surface area contributed by atoms with E-state index in [1.807, 2.05) is 12.1 Å². The molecule has 2 unspecified atom stereocenters. The number of hydrogen-bond donors (Lipinski definition) is 1. The van der Waals surface area contributed by atoms with Gasteiger partial charge >= 0.3 is 0 Å². The van der Waals surface area contributed by atoms with Crippen LogP contribution in [0.3, 0.4) is 0 Å². The van der Waals surface area contributed by atoms with Crippen LogP contribution < -0.4 is 5.73 Å². The van der Waals surface area contributed by atoms with Crippen molar-refractivity contribution in [3.63, 3.8) is 0 Å². The van der Waals surface area contributed by atoms with Gasteiger partial charge in [0.1, 0.15) is 0 Å². The van der Waals surface area contributed by atoms with Gasteiger partial charge in [-0.25, -0.2) is 0 Å². The summed E-state index contributed by atoms with van der Waals surface area (Å²) >= 11 is 6.03. The predicted molar refractivity (Wildman–Crippen MR) is 68.9 cm³/mol. The minimum absolute atomic E-state index is 0.290. The second-order valence-electron chi connectivity index (χ2n) is 4.60. The zero-order valence-electron chi connectivity index (χ0n) is 9.70. The van der Waals surface area contributed by atoms with E-state index >= 15 is 0 Å². The summed E-state index contributed by atoms with van der Waals surface area (Å²) in [6.45, 7) is 5.38. The van der Waals surface area contributed by atoms with Crippen LogP contribution in [0.15, 0.2) is 24.3 Å². The standard InChI is InChI=1S/C13H19ClN2/c1-2-16-8-11(7-13(15)9-16)10-4-3-5-12(14)6-10/h3-6,11,13H,2,7-9,15H2,1H3. The summed E-state index contributed by atoms with van der Waals surface area (Å²) in [5.74, 6) is 0.530. The summed E-state index contributed by atoms with van der Waals surface area (Å²) in [6, 6.07) is 8.46.